The number of alkyl halides is 3. The smallest absolute Gasteiger partial charge is 0.356 e. The van der Waals surface area contributed by atoms with Crippen LogP contribution in [0.3, 0.4) is 0 Å². The lowest BCUT2D eigenvalue weighted by atomic mass is 10.4. The number of halogens is 4. The SMILES string of the molecule is CN=C(NCCCSc1nccs1)NCCC(F)(F)F.I. The second kappa shape index (κ2) is 11.4. The molecule has 21 heavy (non-hydrogen) atoms. The van der Waals surface area contributed by atoms with Gasteiger partial charge >= 0.3 is 6.18 Å². The fourth-order valence-corrected chi connectivity index (χ4v) is 2.91. The van der Waals surface area contributed by atoms with E-state index in [9.17, 15) is 13.2 Å². The first-order valence-corrected chi connectivity index (χ1v) is 7.91. The highest BCUT2D eigenvalue weighted by Gasteiger charge is 2.26. The fraction of sp³-hybridized carbons (Fsp3) is 0.636. The van der Waals surface area contributed by atoms with Crippen molar-refractivity contribution in [1.29, 1.82) is 0 Å². The summed E-state index contributed by atoms with van der Waals surface area (Å²) in [7, 11) is 1.53. The van der Waals surface area contributed by atoms with Gasteiger partial charge in [-0.1, -0.05) is 11.8 Å². The molecule has 0 bridgehead atoms. The van der Waals surface area contributed by atoms with Gasteiger partial charge in [-0.15, -0.1) is 35.3 Å². The van der Waals surface area contributed by atoms with Gasteiger partial charge in [-0.3, -0.25) is 4.99 Å². The summed E-state index contributed by atoms with van der Waals surface area (Å²) >= 11 is 3.26. The Balaban J connectivity index is 0.00000400. The highest BCUT2D eigenvalue weighted by molar-refractivity contribution is 14.0. The summed E-state index contributed by atoms with van der Waals surface area (Å²) in [6.45, 7) is 0.487. The molecule has 0 aliphatic rings. The molecule has 0 aliphatic heterocycles. The van der Waals surface area contributed by atoms with Gasteiger partial charge in [-0.25, -0.2) is 4.98 Å². The molecule has 10 heteroatoms. The molecule has 0 aliphatic carbocycles. The molecular formula is C11H18F3IN4S2. The van der Waals surface area contributed by atoms with Crippen molar-refractivity contribution in [3.63, 3.8) is 0 Å². The Bertz CT molecular complexity index is 399. The third kappa shape index (κ3) is 11.0. The molecule has 4 nitrogen and oxygen atoms in total. The van der Waals surface area contributed by atoms with Crippen LogP contribution >= 0.6 is 47.1 Å². The van der Waals surface area contributed by atoms with E-state index in [0.717, 1.165) is 16.5 Å². The average Bonchev–Trinajstić information content (AvgIpc) is 2.88. The topological polar surface area (TPSA) is 49.3 Å². The first kappa shape index (κ1) is 20.8. The average molecular weight is 454 g/mol. The predicted molar refractivity (Wildman–Crippen MR) is 92.9 cm³/mol. The summed E-state index contributed by atoms with van der Waals surface area (Å²) in [5.74, 6) is 1.30. The minimum absolute atomic E-state index is 0. The zero-order chi connectivity index (χ0) is 14.8. The summed E-state index contributed by atoms with van der Waals surface area (Å²) in [6, 6.07) is 0. The third-order valence-corrected chi connectivity index (χ3v) is 4.23. The molecule has 0 amide bonds. The van der Waals surface area contributed by atoms with Crippen molar-refractivity contribution >= 4 is 53.0 Å². The number of guanidine groups is 1. The molecule has 1 rings (SSSR count). The number of aliphatic imine (C=N–C) groups is 1. The third-order valence-electron chi connectivity index (χ3n) is 2.17. The summed E-state index contributed by atoms with van der Waals surface area (Å²) in [5, 5.41) is 7.53. The Labute approximate surface area is 147 Å². The maximum absolute atomic E-state index is 12.0. The molecule has 1 aromatic rings. The van der Waals surface area contributed by atoms with Crippen molar-refractivity contribution in [3.8, 4) is 0 Å². The van der Waals surface area contributed by atoms with Crippen LogP contribution < -0.4 is 10.6 Å². The second-order valence-electron chi connectivity index (χ2n) is 3.79. The lowest BCUT2D eigenvalue weighted by molar-refractivity contribution is -0.132. The van der Waals surface area contributed by atoms with E-state index in [2.05, 4.69) is 20.6 Å². The van der Waals surface area contributed by atoms with E-state index in [1.165, 1.54) is 7.05 Å². The Kier molecular flexibility index (Phi) is 11.2. The van der Waals surface area contributed by atoms with E-state index in [1.807, 2.05) is 5.38 Å². The molecule has 122 valence electrons. The lowest BCUT2D eigenvalue weighted by Crippen LogP contribution is -2.39. The van der Waals surface area contributed by atoms with Crippen LogP contribution in [0.4, 0.5) is 13.2 Å². The summed E-state index contributed by atoms with van der Waals surface area (Å²) in [6.07, 6.45) is -2.37. The van der Waals surface area contributed by atoms with E-state index < -0.39 is 12.6 Å². The number of nitrogens with one attached hydrogen (secondary N) is 2. The van der Waals surface area contributed by atoms with Crippen LogP contribution in [0.15, 0.2) is 20.9 Å². The minimum Gasteiger partial charge on any atom is -0.356 e. The Morgan fingerprint density at radius 1 is 1.38 bits per heavy atom. The van der Waals surface area contributed by atoms with Crippen LogP contribution in [0, 0.1) is 0 Å². The maximum atomic E-state index is 12.0. The van der Waals surface area contributed by atoms with Crippen LogP contribution in [-0.4, -0.2) is 43.0 Å². The number of thiazole rings is 1. The second-order valence-corrected chi connectivity index (χ2v) is 6.03. The van der Waals surface area contributed by atoms with E-state index in [4.69, 9.17) is 0 Å². The molecule has 0 saturated carbocycles. The van der Waals surface area contributed by atoms with Gasteiger partial charge in [0.15, 0.2) is 5.96 Å². The molecular weight excluding hydrogens is 436 g/mol. The van der Waals surface area contributed by atoms with Gasteiger partial charge in [0, 0.05) is 37.5 Å². The number of thioether (sulfide) groups is 1. The molecule has 1 heterocycles. The Morgan fingerprint density at radius 3 is 2.67 bits per heavy atom. The first-order chi connectivity index (χ1) is 9.51. The summed E-state index contributed by atoms with van der Waals surface area (Å²) < 4.78 is 37.0. The molecule has 0 spiro atoms. The van der Waals surface area contributed by atoms with Gasteiger partial charge in [-0.2, -0.15) is 13.2 Å². The van der Waals surface area contributed by atoms with Crippen molar-refractivity contribution in [3.05, 3.63) is 11.6 Å². The number of hydrogen-bond acceptors (Lipinski definition) is 4. The quantitative estimate of drug-likeness (QED) is 0.218. The fourth-order valence-electron chi connectivity index (χ4n) is 1.26. The molecule has 0 unspecified atom stereocenters. The molecule has 0 fully saturated rings. The zero-order valence-corrected chi connectivity index (χ0v) is 15.4. The number of hydrogen-bond donors (Lipinski definition) is 2. The van der Waals surface area contributed by atoms with Crippen LogP contribution in [0.2, 0.25) is 0 Å². The first-order valence-electron chi connectivity index (χ1n) is 6.05. The van der Waals surface area contributed by atoms with Gasteiger partial charge in [0.05, 0.1) is 6.42 Å². The standard InChI is InChI=1S/C11H17F3N4S2.HI/c1-15-9(17-5-3-11(12,13)14)16-4-2-7-19-10-18-6-8-20-10;/h6,8H,2-5,7H2,1H3,(H2,15,16,17);1H. The number of aromatic nitrogens is 1. The minimum atomic E-state index is -4.14. The van der Waals surface area contributed by atoms with Crippen LogP contribution in [0.25, 0.3) is 0 Å². The Morgan fingerprint density at radius 2 is 2.10 bits per heavy atom. The molecule has 2 N–H and O–H groups in total. The van der Waals surface area contributed by atoms with E-state index >= 15 is 0 Å². The van der Waals surface area contributed by atoms with Gasteiger partial charge in [0.1, 0.15) is 4.34 Å². The zero-order valence-electron chi connectivity index (χ0n) is 11.4. The van der Waals surface area contributed by atoms with Gasteiger partial charge in [0.25, 0.3) is 0 Å². The van der Waals surface area contributed by atoms with Crippen molar-refractivity contribution in [1.82, 2.24) is 15.6 Å². The van der Waals surface area contributed by atoms with Crippen molar-refractivity contribution in [2.75, 3.05) is 25.9 Å². The Hall–Kier alpha value is -0.230. The van der Waals surface area contributed by atoms with Crippen LogP contribution in [-0.2, 0) is 0 Å². The lowest BCUT2D eigenvalue weighted by Gasteiger charge is -2.12. The highest BCUT2D eigenvalue weighted by atomic mass is 127. The summed E-state index contributed by atoms with van der Waals surface area (Å²) in [5.41, 5.74) is 0. The summed E-state index contributed by atoms with van der Waals surface area (Å²) in [4.78, 5) is 8.01. The molecule has 0 saturated heterocycles. The molecule has 1 aromatic heterocycles. The van der Waals surface area contributed by atoms with E-state index in [1.54, 1.807) is 29.3 Å². The highest BCUT2D eigenvalue weighted by Crippen LogP contribution is 2.20. The van der Waals surface area contributed by atoms with Crippen LogP contribution in [0.5, 0.6) is 0 Å². The van der Waals surface area contributed by atoms with Gasteiger partial charge < -0.3 is 10.6 Å². The number of nitrogens with zero attached hydrogens (tertiary/aromatic N) is 2. The van der Waals surface area contributed by atoms with Crippen molar-refractivity contribution in [2.24, 2.45) is 4.99 Å². The normalized spacial score (nSPS) is 11.9. The van der Waals surface area contributed by atoms with Gasteiger partial charge in [-0.05, 0) is 6.42 Å². The molecule has 0 radical (unpaired) electrons. The van der Waals surface area contributed by atoms with E-state index in [-0.39, 0.29) is 30.5 Å². The largest absolute Gasteiger partial charge is 0.390 e. The maximum Gasteiger partial charge on any atom is 0.390 e. The number of rotatable bonds is 7. The molecule has 0 atom stereocenters. The molecule has 0 aromatic carbocycles. The van der Waals surface area contributed by atoms with E-state index in [0.29, 0.717) is 12.5 Å². The monoisotopic (exact) mass is 454 g/mol. The van der Waals surface area contributed by atoms with Gasteiger partial charge in [0.2, 0.25) is 0 Å². The van der Waals surface area contributed by atoms with Crippen molar-refractivity contribution < 1.29 is 13.2 Å². The van der Waals surface area contributed by atoms with Crippen molar-refractivity contribution in [2.45, 2.75) is 23.4 Å². The predicted octanol–water partition coefficient (Wildman–Crippen LogP) is 3.36. The van der Waals surface area contributed by atoms with Crippen LogP contribution in [0.1, 0.15) is 12.8 Å².